The molecule has 5 heteroatoms. The maximum Gasteiger partial charge on any atom is 0.246 e. The number of carbonyl (C=O) groups excluding carboxylic acids is 1. The van der Waals surface area contributed by atoms with Crippen LogP contribution >= 0.6 is 0 Å². The summed E-state index contributed by atoms with van der Waals surface area (Å²) in [5.74, 6) is 0.0548. The van der Waals surface area contributed by atoms with E-state index >= 15 is 0 Å². The Kier molecular flexibility index (Phi) is 5.11. The van der Waals surface area contributed by atoms with E-state index in [0.717, 1.165) is 38.4 Å². The molecule has 1 amide bonds. The Morgan fingerprint density at radius 3 is 2.52 bits per heavy atom. The van der Waals surface area contributed by atoms with Crippen molar-refractivity contribution in [1.29, 1.82) is 0 Å². The van der Waals surface area contributed by atoms with Crippen molar-refractivity contribution in [2.75, 3.05) is 26.2 Å². The molecule has 0 atom stereocenters. The lowest BCUT2D eigenvalue weighted by Crippen LogP contribution is -2.47. The molecular weight excluding hydrogens is 288 g/mol. The second-order valence-electron chi connectivity index (χ2n) is 5.54. The third kappa shape index (κ3) is 4.47. The fraction of sp³-hybridized carbons (Fsp3) is 0.278. The van der Waals surface area contributed by atoms with E-state index in [1.807, 2.05) is 47.6 Å². The zero-order chi connectivity index (χ0) is 15.9. The minimum absolute atomic E-state index is 0.0548. The highest BCUT2D eigenvalue weighted by atomic mass is 16.2. The van der Waals surface area contributed by atoms with Crippen LogP contribution in [-0.4, -0.2) is 51.9 Å². The normalized spacial score (nSPS) is 15.9. The predicted molar refractivity (Wildman–Crippen MR) is 89.4 cm³/mol. The van der Waals surface area contributed by atoms with Gasteiger partial charge in [0.2, 0.25) is 5.91 Å². The van der Waals surface area contributed by atoms with Crippen LogP contribution in [0.3, 0.4) is 0 Å². The highest BCUT2D eigenvalue weighted by molar-refractivity contribution is 5.91. The largest absolute Gasteiger partial charge is 0.337 e. The molecule has 0 bridgehead atoms. The molecule has 5 nitrogen and oxygen atoms in total. The molecule has 3 heterocycles. The molecule has 2 aromatic rings. The Labute approximate surface area is 136 Å². The van der Waals surface area contributed by atoms with Crippen LogP contribution in [0, 0.1) is 0 Å². The number of rotatable bonds is 4. The summed E-state index contributed by atoms with van der Waals surface area (Å²) in [4.78, 5) is 24.7. The SMILES string of the molecule is O=C(/C=C/c1ccccn1)N1CCN(Cc2ccncc2)CC1. The molecule has 2 aromatic heterocycles. The molecular formula is C18H20N4O. The van der Waals surface area contributed by atoms with Crippen LogP contribution in [0.25, 0.3) is 6.08 Å². The van der Waals surface area contributed by atoms with Gasteiger partial charge in [0.15, 0.2) is 0 Å². The molecule has 3 rings (SSSR count). The predicted octanol–water partition coefficient (Wildman–Crippen LogP) is 1.83. The van der Waals surface area contributed by atoms with Gasteiger partial charge in [0.25, 0.3) is 0 Å². The maximum atomic E-state index is 12.2. The Hall–Kier alpha value is -2.53. The summed E-state index contributed by atoms with van der Waals surface area (Å²) >= 11 is 0. The average Bonchev–Trinajstić information content (AvgIpc) is 2.62. The number of amides is 1. The number of pyridine rings is 2. The van der Waals surface area contributed by atoms with Crippen molar-refractivity contribution in [3.8, 4) is 0 Å². The van der Waals surface area contributed by atoms with Crippen LogP contribution in [0.2, 0.25) is 0 Å². The van der Waals surface area contributed by atoms with Gasteiger partial charge in [0.1, 0.15) is 0 Å². The van der Waals surface area contributed by atoms with Crippen LogP contribution in [0.5, 0.6) is 0 Å². The molecule has 118 valence electrons. The topological polar surface area (TPSA) is 49.3 Å². The van der Waals surface area contributed by atoms with Crippen LogP contribution in [-0.2, 0) is 11.3 Å². The summed E-state index contributed by atoms with van der Waals surface area (Å²) in [5, 5.41) is 0. The summed E-state index contributed by atoms with van der Waals surface area (Å²) in [5.41, 5.74) is 2.06. The summed E-state index contributed by atoms with van der Waals surface area (Å²) in [6.07, 6.45) is 8.74. The number of piperazine rings is 1. The summed E-state index contributed by atoms with van der Waals surface area (Å²) in [6, 6.07) is 9.73. The van der Waals surface area contributed by atoms with E-state index in [1.165, 1.54) is 5.56 Å². The zero-order valence-electron chi connectivity index (χ0n) is 13.0. The summed E-state index contributed by atoms with van der Waals surface area (Å²) in [7, 11) is 0. The fourth-order valence-corrected chi connectivity index (χ4v) is 2.61. The van der Waals surface area contributed by atoms with Crippen molar-refractivity contribution < 1.29 is 4.79 Å². The van der Waals surface area contributed by atoms with Crippen LogP contribution < -0.4 is 0 Å². The molecule has 0 N–H and O–H groups in total. The zero-order valence-corrected chi connectivity index (χ0v) is 13.0. The van der Waals surface area contributed by atoms with Gasteiger partial charge in [-0.2, -0.15) is 0 Å². The molecule has 1 aliphatic rings. The first kappa shape index (κ1) is 15.4. The van der Waals surface area contributed by atoms with Crippen molar-refractivity contribution in [1.82, 2.24) is 19.8 Å². The Morgan fingerprint density at radius 2 is 1.83 bits per heavy atom. The molecule has 0 unspecified atom stereocenters. The monoisotopic (exact) mass is 308 g/mol. The molecule has 0 aliphatic carbocycles. The molecule has 23 heavy (non-hydrogen) atoms. The van der Waals surface area contributed by atoms with Gasteiger partial charge in [-0.3, -0.25) is 19.7 Å². The van der Waals surface area contributed by atoms with E-state index in [1.54, 1.807) is 18.3 Å². The minimum Gasteiger partial charge on any atom is -0.337 e. The van der Waals surface area contributed by atoms with Crippen LogP contribution in [0.1, 0.15) is 11.3 Å². The van der Waals surface area contributed by atoms with Gasteiger partial charge in [0, 0.05) is 57.4 Å². The van der Waals surface area contributed by atoms with E-state index in [0.29, 0.717) is 0 Å². The standard InChI is InChI=1S/C18H20N4O/c23-18(5-4-17-3-1-2-8-20-17)22-13-11-21(12-14-22)15-16-6-9-19-10-7-16/h1-10H,11-15H2/b5-4+. The van der Waals surface area contributed by atoms with Gasteiger partial charge >= 0.3 is 0 Å². The molecule has 1 aliphatic heterocycles. The number of carbonyl (C=O) groups is 1. The lowest BCUT2D eigenvalue weighted by molar-refractivity contribution is -0.127. The van der Waals surface area contributed by atoms with Gasteiger partial charge in [0.05, 0.1) is 5.69 Å². The van der Waals surface area contributed by atoms with Gasteiger partial charge in [-0.05, 0) is 35.9 Å². The third-order valence-electron chi connectivity index (χ3n) is 3.92. The fourth-order valence-electron chi connectivity index (χ4n) is 2.61. The highest BCUT2D eigenvalue weighted by Crippen LogP contribution is 2.08. The minimum atomic E-state index is 0.0548. The lowest BCUT2D eigenvalue weighted by Gasteiger charge is -2.34. The van der Waals surface area contributed by atoms with Gasteiger partial charge < -0.3 is 4.90 Å². The van der Waals surface area contributed by atoms with Crippen molar-refractivity contribution >= 4 is 12.0 Å². The van der Waals surface area contributed by atoms with Gasteiger partial charge in [-0.1, -0.05) is 6.07 Å². The van der Waals surface area contributed by atoms with Crippen molar-refractivity contribution in [3.05, 3.63) is 66.3 Å². The lowest BCUT2D eigenvalue weighted by atomic mass is 10.2. The van der Waals surface area contributed by atoms with E-state index in [4.69, 9.17) is 0 Å². The molecule has 1 fully saturated rings. The summed E-state index contributed by atoms with van der Waals surface area (Å²) < 4.78 is 0. The van der Waals surface area contributed by atoms with Gasteiger partial charge in [-0.25, -0.2) is 0 Å². The first-order valence-electron chi connectivity index (χ1n) is 7.80. The van der Waals surface area contributed by atoms with E-state index in [2.05, 4.69) is 14.9 Å². The summed E-state index contributed by atoms with van der Waals surface area (Å²) in [6.45, 7) is 4.22. The second kappa shape index (κ2) is 7.65. The molecule has 1 saturated heterocycles. The Morgan fingerprint density at radius 1 is 1.04 bits per heavy atom. The first-order valence-corrected chi connectivity index (χ1v) is 7.80. The number of nitrogens with zero attached hydrogens (tertiary/aromatic N) is 4. The van der Waals surface area contributed by atoms with Crippen LogP contribution in [0.4, 0.5) is 0 Å². The molecule has 0 radical (unpaired) electrons. The molecule has 0 spiro atoms. The first-order chi connectivity index (χ1) is 11.3. The van der Waals surface area contributed by atoms with Crippen molar-refractivity contribution in [2.45, 2.75) is 6.54 Å². The smallest absolute Gasteiger partial charge is 0.246 e. The van der Waals surface area contributed by atoms with E-state index in [-0.39, 0.29) is 5.91 Å². The molecule has 0 saturated carbocycles. The highest BCUT2D eigenvalue weighted by Gasteiger charge is 2.19. The number of hydrogen-bond donors (Lipinski definition) is 0. The Bertz CT molecular complexity index is 649. The van der Waals surface area contributed by atoms with E-state index in [9.17, 15) is 4.79 Å². The van der Waals surface area contributed by atoms with Crippen molar-refractivity contribution in [2.24, 2.45) is 0 Å². The third-order valence-corrected chi connectivity index (χ3v) is 3.92. The second-order valence-corrected chi connectivity index (χ2v) is 5.54. The number of aromatic nitrogens is 2. The average molecular weight is 308 g/mol. The number of hydrogen-bond acceptors (Lipinski definition) is 4. The van der Waals surface area contributed by atoms with E-state index < -0.39 is 0 Å². The van der Waals surface area contributed by atoms with Crippen LogP contribution in [0.15, 0.2) is 55.0 Å². The van der Waals surface area contributed by atoms with Crippen molar-refractivity contribution in [3.63, 3.8) is 0 Å². The maximum absolute atomic E-state index is 12.2. The quantitative estimate of drug-likeness (QED) is 0.809. The van der Waals surface area contributed by atoms with Gasteiger partial charge in [-0.15, -0.1) is 0 Å². The molecule has 0 aromatic carbocycles. The Balaban J connectivity index is 1.48.